The summed E-state index contributed by atoms with van der Waals surface area (Å²) < 4.78 is 41.4. The van der Waals surface area contributed by atoms with E-state index in [2.05, 4.69) is 21.2 Å². The molecular weight excluding hydrogens is 494 g/mol. The molecule has 0 aromatic heterocycles. The molecule has 5 nitrogen and oxygen atoms in total. The monoisotopic (exact) mass is 508 g/mol. The van der Waals surface area contributed by atoms with Crippen molar-refractivity contribution in [2.75, 3.05) is 18.4 Å². The Hall–Kier alpha value is -1.19. The van der Waals surface area contributed by atoms with Gasteiger partial charge in [0.15, 0.2) is 0 Å². The molecule has 1 aliphatic heterocycles. The quantitative estimate of drug-likeness (QED) is 0.635. The fourth-order valence-corrected chi connectivity index (χ4v) is 5.54. The number of benzene rings is 2. The fourth-order valence-electron chi connectivity index (χ4n) is 3.00. The molecular formula is C18H16BrCl2FN2O3S. The third-order valence-corrected chi connectivity index (χ3v) is 7.63. The molecule has 1 aliphatic rings. The minimum absolute atomic E-state index is 0.0542. The smallest absolute Gasteiger partial charge is 0.244 e. The molecule has 3 rings (SSSR count). The summed E-state index contributed by atoms with van der Waals surface area (Å²) in [7, 11) is -3.81. The largest absolute Gasteiger partial charge is 0.323 e. The summed E-state index contributed by atoms with van der Waals surface area (Å²) in [6, 6.07) is 8.62. The van der Waals surface area contributed by atoms with E-state index in [1.165, 1.54) is 34.6 Å². The van der Waals surface area contributed by atoms with Gasteiger partial charge in [0.2, 0.25) is 15.9 Å². The van der Waals surface area contributed by atoms with E-state index in [1.54, 1.807) is 6.07 Å². The normalized spacial score (nSPS) is 16.1. The van der Waals surface area contributed by atoms with E-state index in [0.29, 0.717) is 17.3 Å². The Bertz CT molecular complexity index is 1010. The van der Waals surface area contributed by atoms with Gasteiger partial charge in [0.25, 0.3) is 0 Å². The average Bonchev–Trinajstić information content (AvgIpc) is 2.66. The average molecular weight is 510 g/mol. The summed E-state index contributed by atoms with van der Waals surface area (Å²) in [6.45, 7) is 0.318. The molecule has 1 heterocycles. The number of hydrogen-bond acceptors (Lipinski definition) is 3. The summed E-state index contributed by atoms with van der Waals surface area (Å²) in [4.78, 5) is 12.4. The molecule has 0 unspecified atom stereocenters. The van der Waals surface area contributed by atoms with Gasteiger partial charge >= 0.3 is 0 Å². The van der Waals surface area contributed by atoms with Crippen LogP contribution in [0.25, 0.3) is 0 Å². The highest BCUT2D eigenvalue weighted by Gasteiger charge is 2.33. The SMILES string of the molecule is O=C(Nc1ccc(Br)cc1F)C1CCN(S(=O)(=O)c2cc(Cl)ccc2Cl)CC1. The van der Waals surface area contributed by atoms with Crippen LogP contribution < -0.4 is 5.32 Å². The van der Waals surface area contributed by atoms with Crippen LogP contribution in [0.2, 0.25) is 10.0 Å². The summed E-state index contributed by atoms with van der Waals surface area (Å²) >= 11 is 15.1. The van der Waals surface area contributed by atoms with Crippen molar-refractivity contribution in [2.24, 2.45) is 5.92 Å². The standard InChI is InChI=1S/C18H16BrCl2FN2O3S/c19-12-1-4-16(15(22)9-12)23-18(25)11-5-7-24(8-6-11)28(26,27)17-10-13(20)2-3-14(17)21/h1-4,9-11H,5-8H2,(H,23,25). The summed E-state index contributed by atoms with van der Waals surface area (Å²) in [5, 5.41) is 2.93. The van der Waals surface area contributed by atoms with Crippen LogP contribution in [0.15, 0.2) is 45.8 Å². The maximum Gasteiger partial charge on any atom is 0.244 e. The summed E-state index contributed by atoms with van der Waals surface area (Å²) in [5.74, 6) is -1.29. The van der Waals surface area contributed by atoms with Crippen molar-refractivity contribution >= 4 is 60.7 Å². The van der Waals surface area contributed by atoms with Crippen LogP contribution in [0.1, 0.15) is 12.8 Å². The third-order valence-electron chi connectivity index (χ3n) is 4.52. The molecule has 2 aromatic rings. The molecule has 0 atom stereocenters. The first-order chi connectivity index (χ1) is 13.2. The number of amides is 1. The molecule has 28 heavy (non-hydrogen) atoms. The minimum atomic E-state index is -3.81. The van der Waals surface area contributed by atoms with Gasteiger partial charge in [-0.15, -0.1) is 0 Å². The van der Waals surface area contributed by atoms with Gasteiger partial charge in [-0.3, -0.25) is 4.79 Å². The number of hydrogen-bond donors (Lipinski definition) is 1. The molecule has 0 saturated carbocycles. The first kappa shape index (κ1) is 21.5. The van der Waals surface area contributed by atoms with Crippen molar-refractivity contribution in [3.63, 3.8) is 0 Å². The van der Waals surface area contributed by atoms with Gasteiger partial charge in [0.05, 0.1) is 10.7 Å². The number of halogens is 4. The summed E-state index contributed by atoms with van der Waals surface area (Å²) in [5.41, 5.74) is 0.0916. The lowest BCUT2D eigenvalue weighted by Crippen LogP contribution is -2.41. The van der Waals surface area contributed by atoms with Crippen LogP contribution in [-0.2, 0) is 14.8 Å². The number of nitrogens with zero attached hydrogens (tertiary/aromatic N) is 1. The Kier molecular flexibility index (Phi) is 6.66. The zero-order valence-electron chi connectivity index (χ0n) is 14.5. The second kappa shape index (κ2) is 8.67. The van der Waals surface area contributed by atoms with E-state index in [4.69, 9.17) is 23.2 Å². The number of carbonyl (C=O) groups is 1. The van der Waals surface area contributed by atoms with Crippen LogP contribution in [0.3, 0.4) is 0 Å². The number of piperidine rings is 1. The van der Waals surface area contributed by atoms with Gasteiger partial charge in [-0.25, -0.2) is 12.8 Å². The first-order valence-electron chi connectivity index (χ1n) is 8.39. The van der Waals surface area contributed by atoms with Crippen molar-refractivity contribution in [2.45, 2.75) is 17.7 Å². The van der Waals surface area contributed by atoms with Gasteiger partial charge in [0, 0.05) is 28.5 Å². The minimum Gasteiger partial charge on any atom is -0.323 e. The molecule has 0 bridgehead atoms. The number of carbonyl (C=O) groups excluding carboxylic acids is 1. The molecule has 0 aliphatic carbocycles. The molecule has 0 radical (unpaired) electrons. The summed E-state index contributed by atoms with van der Waals surface area (Å²) in [6.07, 6.45) is 0.642. The van der Waals surface area contributed by atoms with Crippen molar-refractivity contribution in [3.05, 3.63) is 56.7 Å². The number of sulfonamides is 1. The van der Waals surface area contributed by atoms with E-state index in [0.717, 1.165) is 0 Å². The first-order valence-corrected chi connectivity index (χ1v) is 11.4. The van der Waals surface area contributed by atoms with E-state index in [9.17, 15) is 17.6 Å². The fraction of sp³-hybridized carbons (Fsp3) is 0.278. The molecule has 10 heteroatoms. The van der Waals surface area contributed by atoms with E-state index in [-0.39, 0.29) is 39.6 Å². The van der Waals surface area contributed by atoms with Crippen LogP contribution in [0.4, 0.5) is 10.1 Å². The topological polar surface area (TPSA) is 66.5 Å². The van der Waals surface area contributed by atoms with Gasteiger partial charge in [-0.2, -0.15) is 4.31 Å². The van der Waals surface area contributed by atoms with Gasteiger partial charge < -0.3 is 5.32 Å². The zero-order chi connectivity index (χ0) is 20.5. The lowest BCUT2D eigenvalue weighted by Gasteiger charge is -2.30. The molecule has 1 fully saturated rings. The molecule has 0 spiro atoms. The number of rotatable bonds is 4. The molecule has 1 amide bonds. The van der Waals surface area contributed by atoms with Gasteiger partial charge in [-0.05, 0) is 49.2 Å². The van der Waals surface area contributed by atoms with Crippen LogP contribution >= 0.6 is 39.1 Å². The maximum absolute atomic E-state index is 13.9. The van der Waals surface area contributed by atoms with Crippen molar-refractivity contribution in [3.8, 4) is 0 Å². The van der Waals surface area contributed by atoms with Crippen molar-refractivity contribution in [1.29, 1.82) is 0 Å². The van der Waals surface area contributed by atoms with Gasteiger partial charge in [0.1, 0.15) is 10.7 Å². The number of nitrogens with one attached hydrogen (secondary N) is 1. The molecule has 2 aromatic carbocycles. The Morgan fingerprint density at radius 1 is 1.14 bits per heavy atom. The molecule has 150 valence electrons. The second-order valence-corrected chi connectivity index (χ2v) is 10.0. The Balaban J connectivity index is 1.66. The lowest BCUT2D eigenvalue weighted by atomic mass is 9.97. The Labute approximate surface area is 181 Å². The predicted octanol–water partition coefficient (Wildman–Crippen LogP) is 4.93. The highest BCUT2D eigenvalue weighted by molar-refractivity contribution is 9.10. The van der Waals surface area contributed by atoms with Crippen LogP contribution in [0.5, 0.6) is 0 Å². The second-order valence-electron chi connectivity index (χ2n) is 6.37. The highest BCUT2D eigenvalue weighted by atomic mass is 79.9. The Morgan fingerprint density at radius 2 is 1.82 bits per heavy atom. The zero-order valence-corrected chi connectivity index (χ0v) is 18.4. The Morgan fingerprint density at radius 3 is 2.46 bits per heavy atom. The van der Waals surface area contributed by atoms with E-state index < -0.39 is 21.8 Å². The van der Waals surface area contributed by atoms with Gasteiger partial charge in [-0.1, -0.05) is 39.1 Å². The number of anilines is 1. The molecule has 1 saturated heterocycles. The van der Waals surface area contributed by atoms with E-state index >= 15 is 0 Å². The molecule has 1 N–H and O–H groups in total. The van der Waals surface area contributed by atoms with E-state index in [1.807, 2.05) is 0 Å². The third kappa shape index (κ3) is 4.68. The predicted molar refractivity (Wildman–Crippen MR) is 111 cm³/mol. The van der Waals surface area contributed by atoms with Crippen LogP contribution in [-0.4, -0.2) is 31.7 Å². The van der Waals surface area contributed by atoms with Crippen molar-refractivity contribution < 1.29 is 17.6 Å². The van der Waals surface area contributed by atoms with Crippen molar-refractivity contribution in [1.82, 2.24) is 4.31 Å². The van der Waals surface area contributed by atoms with Crippen LogP contribution in [0, 0.1) is 11.7 Å². The lowest BCUT2D eigenvalue weighted by molar-refractivity contribution is -0.120. The highest BCUT2D eigenvalue weighted by Crippen LogP contribution is 2.31. The maximum atomic E-state index is 13.9.